The summed E-state index contributed by atoms with van der Waals surface area (Å²) in [6.45, 7) is 9.94. The van der Waals surface area contributed by atoms with Gasteiger partial charge >= 0.3 is 0 Å². The van der Waals surface area contributed by atoms with E-state index in [9.17, 15) is 0 Å². The predicted molar refractivity (Wildman–Crippen MR) is 72.2 cm³/mol. The van der Waals surface area contributed by atoms with Crippen molar-refractivity contribution >= 4 is 11.3 Å². The lowest BCUT2D eigenvalue weighted by Crippen LogP contribution is -2.22. The van der Waals surface area contributed by atoms with Crippen LogP contribution in [0, 0.1) is 25.7 Å². The van der Waals surface area contributed by atoms with Gasteiger partial charge in [-0.05, 0) is 45.7 Å². The molecule has 3 heteroatoms. The van der Waals surface area contributed by atoms with Gasteiger partial charge < -0.3 is 5.32 Å². The quantitative estimate of drug-likeness (QED) is 0.826. The molecule has 0 bridgehead atoms. The number of hydrogen-bond donors (Lipinski definition) is 1. The minimum atomic E-state index is 0.718. The number of aryl methyl sites for hydroxylation is 2. The SMILES string of the molecule is CNCC(Cc1nc(C)c(C)s1)CC(C)C. The molecule has 1 aromatic rings. The summed E-state index contributed by atoms with van der Waals surface area (Å²) in [5.74, 6) is 1.48. The summed E-state index contributed by atoms with van der Waals surface area (Å²) in [5.41, 5.74) is 1.20. The first-order valence-electron chi connectivity index (χ1n) is 6.10. The molecule has 0 aliphatic heterocycles. The smallest absolute Gasteiger partial charge is 0.0934 e. The lowest BCUT2D eigenvalue weighted by molar-refractivity contribution is 0.394. The zero-order chi connectivity index (χ0) is 12.1. The Kier molecular flexibility index (Phi) is 5.42. The maximum Gasteiger partial charge on any atom is 0.0934 e. The Morgan fingerprint density at radius 1 is 1.31 bits per heavy atom. The fourth-order valence-corrected chi connectivity index (χ4v) is 3.12. The average molecular weight is 240 g/mol. The van der Waals surface area contributed by atoms with Crippen LogP contribution in [0.4, 0.5) is 0 Å². The Bertz CT molecular complexity index is 298. The second kappa shape index (κ2) is 6.36. The molecule has 0 amide bonds. The zero-order valence-electron chi connectivity index (χ0n) is 11.1. The summed E-state index contributed by atoms with van der Waals surface area (Å²) in [6.07, 6.45) is 2.40. The van der Waals surface area contributed by atoms with Crippen molar-refractivity contribution in [2.75, 3.05) is 13.6 Å². The van der Waals surface area contributed by atoms with Crippen LogP contribution in [-0.2, 0) is 6.42 Å². The highest BCUT2D eigenvalue weighted by Crippen LogP contribution is 2.22. The minimum absolute atomic E-state index is 0.718. The van der Waals surface area contributed by atoms with Crippen molar-refractivity contribution in [1.82, 2.24) is 10.3 Å². The van der Waals surface area contributed by atoms with E-state index in [1.807, 2.05) is 18.4 Å². The van der Waals surface area contributed by atoms with Crippen molar-refractivity contribution < 1.29 is 0 Å². The fraction of sp³-hybridized carbons (Fsp3) is 0.769. The van der Waals surface area contributed by atoms with Gasteiger partial charge in [0.15, 0.2) is 0 Å². The van der Waals surface area contributed by atoms with Gasteiger partial charge in [-0.15, -0.1) is 11.3 Å². The van der Waals surface area contributed by atoms with Crippen molar-refractivity contribution in [2.24, 2.45) is 11.8 Å². The molecule has 0 fully saturated rings. The summed E-state index contributed by atoms with van der Waals surface area (Å²) in [6, 6.07) is 0. The van der Waals surface area contributed by atoms with Crippen molar-refractivity contribution in [3.05, 3.63) is 15.6 Å². The molecule has 1 atom stereocenters. The number of aromatic nitrogens is 1. The van der Waals surface area contributed by atoms with E-state index >= 15 is 0 Å². The number of thiazole rings is 1. The Morgan fingerprint density at radius 2 is 2.00 bits per heavy atom. The van der Waals surface area contributed by atoms with Gasteiger partial charge in [-0.1, -0.05) is 13.8 Å². The standard InChI is InChI=1S/C13H24N2S/c1-9(2)6-12(8-14-5)7-13-15-10(3)11(4)16-13/h9,12,14H,6-8H2,1-5H3. The zero-order valence-corrected chi connectivity index (χ0v) is 11.9. The first-order chi connectivity index (χ1) is 7.52. The summed E-state index contributed by atoms with van der Waals surface area (Å²) < 4.78 is 0. The van der Waals surface area contributed by atoms with Crippen LogP contribution in [0.2, 0.25) is 0 Å². The van der Waals surface area contributed by atoms with Crippen LogP contribution < -0.4 is 5.32 Å². The Balaban J connectivity index is 2.59. The van der Waals surface area contributed by atoms with E-state index in [1.165, 1.54) is 22.0 Å². The molecule has 0 aromatic carbocycles. The molecule has 1 unspecified atom stereocenters. The van der Waals surface area contributed by atoms with Gasteiger partial charge in [0, 0.05) is 11.3 Å². The monoisotopic (exact) mass is 240 g/mol. The minimum Gasteiger partial charge on any atom is -0.319 e. The van der Waals surface area contributed by atoms with Crippen LogP contribution in [0.3, 0.4) is 0 Å². The van der Waals surface area contributed by atoms with Crippen molar-refractivity contribution in [1.29, 1.82) is 0 Å². The van der Waals surface area contributed by atoms with Crippen LogP contribution in [-0.4, -0.2) is 18.6 Å². The molecule has 16 heavy (non-hydrogen) atoms. The molecule has 0 aliphatic rings. The van der Waals surface area contributed by atoms with E-state index in [0.717, 1.165) is 24.8 Å². The van der Waals surface area contributed by atoms with Gasteiger partial charge in [0.25, 0.3) is 0 Å². The maximum atomic E-state index is 4.63. The van der Waals surface area contributed by atoms with Gasteiger partial charge in [-0.25, -0.2) is 4.98 Å². The number of nitrogens with zero attached hydrogens (tertiary/aromatic N) is 1. The molecule has 1 N–H and O–H groups in total. The third-order valence-electron chi connectivity index (χ3n) is 2.83. The summed E-state index contributed by atoms with van der Waals surface area (Å²) in [7, 11) is 2.03. The maximum absolute atomic E-state index is 4.63. The molecule has 0 spiro atoms. The molecular weight excluding hydrogens is 216 g/mol. The lowest BCUT2D eigenvalue weighted by atomic mass is 9.94. The molecule has 0 radical (unpaired) electrons. The van der Waals surface area contributed by atoms with E-state index in [2.05, 4.69) is 38.0 Å². The number of rotatable bonds is 6. The number of hydrogen-bond acceptors (Lipinski definition) is 3. The first-order valence-corrected chi connectivity index (χ1v) is 6.92. The Labute approximate surface area is 103 Å². The van der Waals surface area contributed by atoms with Gasteiger partial charge in [0.05, 0.1) is 10.7 Å². The second-order valence-corrected chi connectivity index (χ2v) is 6.29. The molecule has 0 saturated heterocycles. The highest BCUT2D eigenvalue weighted by molar-refractivity contribution is 7.11. The third kappa shape index (κ3) is 4.22. The van der Waals surface area contributed by atoms with Crippen LogP contribution in [0.1, 0.15) is 35.8 Å². The largest absolute Gasteiger partial charge is 0.319 e. The van der Waals surface area contributed by atoms with Gasteiger partial charge in [0.2, 0.25) is 0 Å². The van der Waals surface area contributed by atoms with Crippen molar-refractivity contribution in [3.8, 4) is 0 Å². The molecule has 1 aromatic heterocycles. The van der Waals surface area contributed by atoms with Crippen LogP contribution in [0.15, 0.2) is 0 Å². The van der Waals surface area contributed by atoms with E-state index in [1.54, 1.807) is 0 Å². The van der Waals surface area contributed by atoms with Gasteiger partial charge in [0.1, 0.15) is 0 Å². The molecule has 92 valence electrons. The Morgan fingerprint density at radius 3 is 2.44 bits per heavy atom. The van der Waals surface area contributed by atoms with E-state index in [0.29, 0.717) is 0 Å². The molecule has 1 rings (SSSR count). The lowest BCUT2D eigenvalue weighted by Gasteiger charge is -2.17. The second-order valence-electron chi connectivity index (χ2n) is 5.01. The summed E-state index contributed by atoms with van der Waals surface area (Å²) in [5, 5.41) is 4.59. The predicted octanol–water partition coefficient (Wildman–Crippen LogP) is 3.18. The topological polar surface area (TPSA) is 24.9 Å². The van der Waals surface area contributed by atoms with Crippen LogP contribution in [0.5, 0.6) is 0 Å². The van der Waals surface area contributed by atoms with Crippen LogP contribution in [0.25, 0.3) is 0 Å². The van der Waals surface area contributed by atoms with Crippen molar-refractivity contribution in [2.45, 2.75) is 40.5 Å². The van der Waals surface area contributed by atoms with E-state index in [4.69, 9.17) is 0 Å². The van der Waals surface area contributed by atoms with E-state index in [-0.39, 0.29) is 0 Å². The highest BCUT2D eigenvalue weighted by atomic mass is 32.1. The molecule has 0 aliphatic carbocycles. The van der Waals surface area contributed by atoms with Crippen molar-refractivity contribution in [3.63, 3.8) is 0 Å². The average Bonchev–Trinajstić information content (AvgIpc) is 2.45. The summed E-state index contributed by atoms with van der Waals surface area (Å²) >= 11 is 1.86. The normalized spacial score (nSPS) is 13.4. The van der Waals surface area contributed by atoms with E-state index < -0.39 is 0 Å². The Hall–Kier alpha value is -0.410. The molecule has 1 heterocycles. The fourth-order valence-electron chi connectivity index (χ4n) is 2.07. The molecule has 0 saturated carbocycles. The number of nitrogens with one attached hydrogen (secondary N) is 1. The molecule has 2 nitrogen and oxygen atoms in total. The summed E-state index contributed by atoms with van der Waals surface area (Å²) in [4.78, 5) is 5.99. The first kappa shape index (κ1) is 13.7. The highest BCUT2D eigenvalue weighted by Gasteiger charge is 2.14. The third-order valence-corrected chi connectivity index (χ3v) is 3.93. The molecular formula is C13H24N2S. The van der Waals surface area contributed by atoms with Crippen LogP contribution >= 0.6 is 11.3 Å². The van der Waals surface area contributed by atoms with Gasteiger partial charge in [-0.2, -0.15) is 0 Å². The van der Waals surface area contributed by atoms with Gasteiger partial charge in [-0.3, -0.25) is 0 Å².